The van der Waals surface area contributed by atoms with Crippen molar-refractivity contribution in [3.63, 3.8) is 0 Å². The van der Waals surface area contributed by atoms with Gasteiger partial charge in [-0.2, -0.15) is 0 Å². The van der Waals surface area contributed by atoms with Crippen LogP contribution in [-0.4, -0.2) is 23.7 Å². The molecule has 3 nitrogen and oxygen atoms in total. The van der Waals surface area contributed by atoms with Gasteiger partial charge in [-0.15, -0.1) is 0 Å². The molecule has 2 aromatic carbocycles. The molecule has 0 aliphatic carbocycles. The zero-order valence-corrected chi connectivity index (χ0v) is 12.3. The highest BCUT2D eigenvalue weighted by molar-refractivity contribution is 5.94. The summed E-state index contributed by atoms with van der Waals surface area (Å²) in [4.78, 5) is 12.1. The van der Waals surface area contributed by atoms with Gasteiger partial charge in [-0.3, -0.25) is 4.79 Å². The van der Waals surface area contributed by atoms with Gasteiger partial charge in [-0.1, -0.05) is 49.4 Å². The van der Waals surface area contributed by atoms with Gasteiger partial charge in [0.2, 0.25) is 0 Å². The number of carbonyl (C=O) groups excluding carboxylic acids is 1. The predicted molar refractivity (Wildman–Crippen MR) is 85.1 cm³/mol. The van der Waals surface area contributed by atoms with Gasteiger partial charge in [0.1, 0.15) is 0 Å². The fraction of sp³-hybridized carbons (Fsp3) is 0.278. The molecule has 3 heteroatoms. The molecule has 0 fully saturated rings. The smallest absolute Gasteiger partial charge is 0.251 e. The summed E-state index contributed by atoms with van der Waals surface area (Å²) in [5.74, 6) is -0.0880. The predicted octanol–water partition coefficient (Wildman–Crippen LogP) is 3.24. The van der Waals surface area contributed by atoms with Gasteiger partial charge in [0.15, 0.2) is 0 Å². The molecule has 0 aliphatic heterocycles. The molecular weight excluding hydrogens is 262 g/mol. The first-order valence-electron chi connectivity index (χ1n) is 7.31. The Morgan fingerprint density at radius 3 is 2.24 bits per heavy atom. The van der Waals surface area contributed by atoms with Crippen LogP contribution >= 0.6 is 0 Å². The van der Waals surface area contributed by atoms with Crippen LogP contribution in [0.25, 0.3) is 11.1 Å². The number of amides is 1. The highest BCUT2D eigenvalue weighted by Gasteiger charge is 2.11. The van der Waals surface area contributed by atoms with Crippen molar-refractivity contribution < 1.29 is 9.90 Å². The largest absolute Gasteiger partial charge is 0.396 e. The third-order valence-corrected chi connectivity index (χ3v) is 3.56. The van der Waals surface area contributed by atoms with E-state index in [0.717, 1.165) is 17.5 Å². The second-order valence-electron chi connectivity index (χ2n) is 5.03. The molecule has 0 heterocycles. The standard InChI is InChI=1S/C18H21NO2/c1-2-17(12-13-20)19-18(21)16-10-8-15(9-11-16)14-6-4-3-5-7-14/h3-11,17,20H,2,12-13H2,1H3,(H,19,21). The molecular formula is C18H21NO2. The quantitative estimate of drug-likeness (QED) is 0.855. The van der Waals surface area contributed by atoms with Crippen molar-refractivity contribution in [3.8, 4) is 11.1 Å². The first kappa shape index (κ1) is 15.3. The van der Waals surface area contributed by atoms with Gasteiger partial charge in [0, 0.05) is 18.2 Å². The summed E-state index contributed by atoms with van der Waals surface area (Å²) in [6.45, 7) is 2.09. The van der Waals surface area contributed by atoms with Gasteiger partial charge in [0.25, 0.3) is 5.91 Å². The van der Waals surface area contributed by atoms with Gasteiger partial charge < -0.3 is 10.4 Å². The number of aliphatic hydroxyl groups excluding tert-OH is 1. The molecule has 0 saturated heterocycles. The maximum absolute atomic E-state index is 12.1. The SMILES string of the molecule is CCC(CCO)NC(=O)c1ccc(-c2ccccc2)cc1. The molecule has 0 aromatic heterocycles. The maximum Gasteiger partial charge on any atom is 0.251 e. The van der Waals surface area contributed by atoms with E-state index in [1.807, 2.05) is 61.5 Å². The third-order valence-electron chi connectivity index (χ3n) is 3.56. The Hall–Kier alpha value is -2.13. The number of nitrogens with one attached hydrogen (secondary N) is 1. The molecule has 1 amide bonds. The number of aliphatic hydroxyl groups is 1. The number of hydrogen-bond donors (Lipinski definition) is 2. The van der Waals surface area contributed by atoms with Crippen molar-refractivity contribution in [2.45, 2.75) is 25.8 Å². The van der Waals surface area contributed by atoms with E-state index in [9.17, 15) is 4.79 Å². The Morgan fingerprint density at radius 1 is 1.05 bits per heavy atom. The lowest BCUT2D eigenvalue weighted by molar-refractivity contribution is 0.0929. The zero-order chi connectivity index (χ0) is 15.1. The minimum absolute atomic E-state index is 0.0244. The van der Waals surface area contributed by atoms with E-state index in [2.05, 4.69) is 5.32 Å². The van der Waals surface area contributed by atoms with Crippen LogP contribution in [-0.2, 0) is 0 Å². The first-order valence-corrected chi connectivity index (χ1v) is 7.31. The Labute approximate surface area is 125 Å². The van der Waals surface area contributed by atoms with E-state index in [1.165, 1.54) is 0 Å². The molecule has 0 saturated carbocycles. The lowest BCUT2D eigenvalue weighted by Gasteiger charge is -2.15. The van der Waals surface area contributed by atoms with E-state index in [-0.39, 0.29) is 18.6 Å². The van der Waals surface area contributed by atoms with Gasteiger partial charge in [-0.25, -0.2) is 0 Å². The van der Waals surface area contributed by atoms with Crippen molar-refractivity contribution in [2.75, 3.05) is 6.61 Å². The minimum atomic E-state index is -0.0880. The second-order valence-corrected chi connectivity index (χ2v) is 5.03. The molecule has 2 rings (SSSR count). The second kappa shape index (κ2) is 7.60. The van der Waals surface area contributed by atoms with Gasteiger partial charge in [0.05, 0.1) is 0 Å². The van der Waals surface area contributed by atoms with Crippen LogP contribution in [0.5, 0.6) is 0 Å². The highest BCUT2D eigenvalue weighted by Crippen LogP contribution is 2.19. The Balaban J connectivity index is 2.06. The molecule has 1 atom stereocenters. The minimum Gasteiger partial charge on any atom is -0.396 e. The summed E-state index contributed by atoms with van der Waals surface area (Å²) in [7, 11) is 0. The van der Waals surface area contributed by atoms with Crippen LogP contribution in [0.2, 0.25) is 0 Å². The van der Waals surface area contributed by atoms with Crippen LogP contribution in [0.4, 0.5) is 0 Å². The van der Waals surface area contributed by atoms with Crippen LogP contribution in [0, 0.1) is 0 Å². The van der Waals surface area contributed by atoms with Crippen LogP contribution < -0.4 is 5.32 Å². The Bertz CT molecular complexity index is 564. The fourth-order valence-electron chi connectivity index (χ4n) is 2.25. The Morgan fingerprint density at radius 2 is 1.67 bits per heavy atom. The van der Waals surface area contributed by atoms with E-state index >= 15 is 0 Å². The summed E-state index contributed by atoms with van der Waals surface area (Å²) in [6.07, 6.45) is 1.40. The molecule has 21 heavy (non-hydrogen) atoms. The number of rotatable bonds is 6. The van der Waals surface area contributed by atoms with Crippen molar-refractivity contribution in [1.82, 2.24) is 5.32 Å². The summed E-state index contributed by atoms with van der Waals surface area (Å²) < 4.78 is 0. The van der Waals surface area contributed by atoms with Crippen molar-refractivity contribution in [1.29, 1.82) is 0 Å². The molecule has 0 spiro atoms. The van der Waals surface area contributed by atoms with Crippen LogP contribution in [0.1, 0.15) is 30.1 Å². The van der Waals surface area contributed by atoms with Crippen LogP contribution in [0.3, 0.4) is 0 Å². The average molecular weight is 283 g/mol. The number of hydrogen-bond acceptors (Lipinski definition) is 2. The molecule has 2 aromatic rings. The van der Waals surface area contributed by atoms with E-state index < -0.39 is 0 Å². The van der Waals surface area contributed by atoms with Crippen LogP contribution in [0.15, 0.2) is 54.6 Å². The summed E-state index contributed by atoms with van der Waals surface area (Å²) in [5.41, 5.74) is 2.87. The molecule has 1 unspecified atom stereocenters. The average Bonchev–Trinajstić information content (AvgIpc) is 2.55. The summed E-state index contributed by atoms with van der Waals surface area (Å²) in [6, 6.07) is 17.7. The normalized spacial score (nSPS) is 11.9. The molecule has 0 bridgehead atoms. The van der Waals surface area contributed by atoms with E-state index in [4.69, 9.17) is 5.11 Å². The molecule has 0 radical (unpaired) electrons. The van der Waals surface area contributed by atoms with Crippen molar-refractivity contribution >= 4 is 5.91 Å². The third kappa shape index (κ3) is 4.17. The number of benzene rings is 2. The molecule has 0 aliphatic rings. The Kier molecular flexibility index (Phi) is 5.52. The summed E-state index contributed by atoms with van der Waals surface area (Å²) in [5, 5.41) is 11.9. The lowest BCUT2D eigenvalue weighted by Crippen LogP contribution is -2.35. The summed E-state index contributed by atoms with van der Waals surface area (Å²) >= 11 is 0. The van der Waals surface area contributed by atoms with E-state index in [1.54, 1.807) is 0 Å². The van der Waals surface area contributed by atoms with Gasteiger partial charge in [-0.05, 0) is 36.1 Å². The van der Waals surface area contributed by atoms with Crippen molar-refractivity contribution in [2.24, 2.45) is 0 Å². The highest BCUT2D eigenvalue weighted by atomic mass is 16.3. The zero-order valence-electron chi connectivity index (χ0n) is 12.3. The maximum atomic E-state index is 12.1. The fourth-order valence-corrected chi connectivity index (χ4v) is 2.25. The van der Waals surface area contributed by atoms with E-state index in [0.29, 0.717) is 12.0 Å². The number of carbonyl (C=O) groups is 1. The van der Waals surface area contributed by atoms with Gasteiger partial charge >= 0.3 is 0 Å². The molecule has 110 valence electrons. The topological polar surface area (TPSA) is 49.3 Å². The lowest BCUT2D eigenvalue weighted by atomic mass is 10.0. The van der Waals surface area contributed by atoms with Crippen molar-refractivity contribution in [3.05, 3.63) is 60.2 Å². The molecule has 2 N–H and O–H groups in total. The monoisotopic (exact) mass is 283 g/mol. The first-order chi connectivity index (χ1) is 10.2.